The first kappa shape index (κ1) is 30.6. The van der Waals surface area contributed by atoms with E-state index in [1.165, 1.54) is 31.3 Å². The van der Waals surface area contributed by atoms with E-state index in [0.717, 1.165) is 31.5 Å². The standard InChI is InChI=1S/C26H42N4O6S/c1-18-17-37-22(21(18)29-20(31)16-30-14-10-6-7-11-15-30)23(32)28-19(24(33)35-5)12-8-9-13-27-25(34)36-26(2,3)4/h17,19H,6-16H2,1-5H3,(H,27,34)(H,28,32)(H,29,31)/t19-/m1/s1. The first-order valence-electron chi connectivity index (χ1n) is 13.0. The smallest absolute Gasteiger partial charge is 0.407 e. The largest absolute Gasteiger partial charge is 0.467 e. The molecule has 1 fully saturated rings. The molecule has 0 unspecified atom stereocenters. The highest BCUT2D eigenvalue weighted by atomic mass is 32.1. The van der Waals surface area contributed by atoms with Crippen molar-refractivity contribution in [1.82, 2.24) is 15.5 Å². The fourth-order valence-corrected chi connectivity index (χ4v) is 4.94. The predicted molar refractivity (Wildman–Crippen MR) is 144 cm³/mol. The molecule has 2 rings (SSSR count). The number of hydrogen-bond donors (Lipinski definition) is 3. The number of esters is 1. The summed E-state index contributed by atoms with van der Waals surface area (Å²) in [5.74, 6) is -1.14. The number of likely N-dealkylation sites (tertiary alicyclic amines) is 1. The number of carbonyl (C=O) groups is 4. The molecule has 0 aromatic carbocycles. The molecule has 1 aromatic heterocycles. The van der Waals surface area contributed by atoms with E-state index in [0.29, 0.717) is 42.9 Å². The Bertz CT molecular complexity index is 919. The zero-order valence-electron chi connectivity index (χ0n) is 22.7. The molecule has 1 atom stereocenters. The van der Waals surface area contributed by atoms with Crippen LogP contribution in [0.3, 0.4) is 0 Å². The van der Waals surface area contributed by atoms with Gasteiger partial charge in [0.05, 0.1) is 19.3 Å². The third kappa shape index (κ3) is 11.1. The van der Waals surface area contributed by atoms with Crippen molar-refractivity contribution in [2.75, 3.05) is 38.6 Å². The summed E-state index contributed by atoms with van der Waals surface area (Å²) < 4.78 is 10.1. The van der Waals surface area contributed by atoms with Gasteiger partial charge in [0.1, 0.15) is 16.5 Å². The summed E-state index contributed by atoms with van der Waals surface area (Å²) in [6.07, 6.45) is 5.56. The van der Waals surface area contributed by atoms with Gasteiger partial charge in [0, 0.05) is 6.54 Å². The van der Waals surface area contributed by atoms with E-state index in [4.69, 9.17) is 9.47 Å². The van der Waals surface area contributed by atoms with Gasteiger partial charge < -0.3 is 25.4 Å². The third-order valence-electron chi connectivity index (χ3n) is 5.89. The summed E-state index contributed by atoms with van der Waals surface area (Å²) >= 11 is 1.22. The maximum Gasteiger partial charge on any atom is 0.407 e. The van der Waals surface area contributed by atoms with Gasteiger partial charge in [-0.1, -0.05) is 12.8 Å². The molecule has 1 saturated heterocycles. The second-order valence-corrected chi connectivity index (χ2v) is 11.2. The summed E-state index contributed by atoms with van der Waals surface area (Å²) in [5, 5.41) is 10.2. The van der Waals surface area contributed by atoms with E-state index in [9.17, 15) is 19.2 Å². The van der Waals surface area contributed by atoms with Crippen molar-refractivity contribution in [3.63, 3.8) is 0 Å². The molecule has 0 spiro atoms. The van der Waals surface area contributed by atoms with Crippen LogP contribution in [0.2, 0.25) is 0 Å². The number of rotatable bonds is 11. The molecular weight excluding hydrogens is 496 g/mol. The lowest BCUT2D eigenvalue weighted by Crippen LogP contribution is -2.41. The van der Waals surface area contributed by atoms with E-state index < -0.39 is 29.6 Å². The maximum atomic E-state index is 13.1. The molecule has 1 aliphatic heterocycles. The normalized spacial score (nSPS) is 15.3. The quantitative estimate of drug-likeness (QED) is 0.289. The summed E-state index contributed by atoms with van der Waals surface area (Å²) in [4.78, 5) is 52.4. The molecule has 208 valence electrons. The van der Waals surface area contributed by atoms with Gasteiger partial charge in [0.25, 0.3) is 5.91 Å². The second kappa shape index (κ2) is 14.9. The van der Waals surface area contributed by atoms with Crippen LogP contribution in [0.4, 0.5) is 10.5 Å². The van der Waals surface area contributed by atoms with Crippen LogP contribution < -0.4 is 16.0 Å². The molecule has 3 amide bonds. The Labute approximate surface area is 223 Å². The van der Waals surface area contributed by atoms with Crippen LogP contribution in [0.1, 0.15) is 81.0 Å². The SMILES string of the molecule is COC(=O)[C@@H](CCCCNC(=O)OC(C)(C)C)NC(=O)c1scc(C)c1NC(=O)CN1CCCCCC1. The number of ether oxygens (including phenoxy) is 2. The summed E-state index contributed by atoms with van der Waals surface area (Å²) in [7, 11) is 1.27. The third-order valence-corrected chi connectivity index (χ3v) is 6.99. The van der Waals surface area contributed by atoms with Gasteiger partial charge in [-0.15, -0.1) is 11.3 Å². The number of nitrogens with one attached hydrogen (secondary N) is 3. The maximum absolute atomic E-state index is 13.1. The minimum atomic E-state index is -0.845. The Hall–Kier alpha value is -2.66. The van der Waals surface area contributed by atoms with E-state index in [1.807, 2.05) is 12.3 Å². The van der Waals surface area contributed by atoms with Gasteiger partial charge in [0.2, 0.25) is 5.91 Å². The molecule has 0 bridgehead atoms. The number of amides is 3. The average molecular weight is 539 g/mol. The average Bonchev–Trinajstić information content (AvgIpc) is 3.00. The number of methoxy groups -OCH3 is 1. The molecule has 3 N–H and O–H groups in total. The molecule has 2 heterocycles. The van der Waals surface area contributed by atoms with Crippen molar-refractivity contribution >= 4 is 40.9 Å². The fraction of sp³-hybridized carbons (Fsp3) is 0.692. The van der Waals surface area contributed by atoms with Gasteiger partial charge in [0.15, 0.2) is 0 Å². The van der Waals surface area contributed by atoms with Crippen molar-refractivity contribution in [3.8, 4) is 0 Å². The fourth-order valence-electron chi connectivity index (χ4n) is 4.04. The second-order valence-electron chi connectivity index (χ2n) is 10.3. The number of hydrogen-bond acceptors (Lipinski definition) is 8. The first-order chi connectivity index (χ1) is 17.5. The lowest BCUT2D eigenvalue weighted by Gasteiger charge is -2.20. The van der Waals surface area contributed by atoms with Crippen molar-refractivity contribution in [2.24, 2.45) is 0 Å². The van der Waals surface area contributed by atoms with Crippen LogP contribution in [-0.2, 0) is 19.1 Å². The number of unbranched alkanes of at least 4 members (excludes halogenated alkanes) is 1. The minimum Gasteiger partial charge on any atom is -0.467 e. The van der Waals surface area contributed by atoms with E-state index in [1.54, 1.807) is 20.8 Å². The number of thiophene rings is 1. The Kier molecular flexibility index (Phi) is 12.3. The van der Waals surface area contributed by atoms with E-state index >= 15 is 0 Å². The lowest BCUT2D eigenvalue weighted by molar-refractivity contribution is -0.143. The first-order valence-corrected chi connectivity index (χ1v) is 13.8. The van der Waals surface area contributed by atoms with Crippen LogP contribution in [0.5, 0.6) is 0 Å². The van der Waals surface area contributed by atoms with Gasteiger partial charge in [-0.25, -0.2) is 9.59 Å². The molecule has 1 aliphatic rings. The minimum absolute atomic E-state index is 0.153. The zero-order valence-corrected chi connectivity index (χ0v) is 23.6. The van der Waals surface area contributed by atoms with Gasteiger partial charge in [-0.05, 0) is 83.8 Å². The summed E-state index contributed by atoms with van der Waals surface area (Å²) in [5.41, 5.74) is 0.699. The number of alkyl carbamates (subject to hydrolysis) is 1. The number of anilines is 1. The van der Waals surface area contributed by atoms with Crippen LogP contribution in [0.15, 0.2) is 5.38 Å². The summed E-state index contributed by atoms with van der Waals surface area (Å²) in [6.45, 7) is 9.68. The molecule has 0 radical (unpaired) electrons. The van der Waals surface area contributed by atoms with E-state index in [2.05, 4.69) is 20.9 Å². The van der Waals surface area contributed by atoms with Gasteiger partial charge >= 0.3 is 12.1 Å². The number of aryl methyl sites for hydroxylation is 1. The summed E-state index contributed by atoms with van der Waals surface area (Å²) in [6, 6.07) is -0.845. The Morgan fingerprint density at radius 3 is 2.38 bits per heavy atom. The topological polar surface area (TPSA) is 126 Å². The number of nitrogens with zero attached hydrogens (tertiary/aromatic N) is 1. The molecule has 0 saturated carbocycles. The van der Waals surface area contributed by atoms with Crippen LogP contribution in [0.25, 0.3) is 0 Å². The lowest BCUT2D eigenvalue weighted by atomic mass is 10.1. The highest BCUT2D eigenvalue weighted by molar-refractivity contribution is 7.13. The zero-order chi connectivity index (χ0) is 27.4. The Morgan fingerprint density at radius 1 is 1.08 bits per heavy atom. The highest BCUT2D eigenvalue weighted by Gasteiger charge is 2.26. The molecule has 1 aromatic rings. The van der Waals surface area contributed by atoms with Gasteiger partial charge in [-0.2, -0.15) is 0 Å². The van der Waals surface area contributed by atoms with Crippen LogP contribution >= 0.6 is 11.3 Å². The molecule has 0 aliphatic carbocycles. The van der Waals surface area contributed by atoms with E-state index in [-0.39, 0.29) is 5.91 Å². The monoisotopic (exact) mass is 538 g/mol. The van der Waals surface area contributed by atoms with Crippen molar-refractivity contribution in [2.45, 2.75) is 84.3 Å². The van der Waals surface area contributed by atoms with Gasteiger partial charge in [-0.3, -0.25) is 14.5 Å². The molecule has 10 nitrogen and oxygen atoms in total. The number of carbonyl (C=O) groups excluding carboxylic acids is 4. The van der Waals surface area contributed by atoms with Crippen molar-refractivity contribution < 1.29 is 28.7 Å². The van der Waals surface area contributed by atoms with Crippen molar-refractivity contribution in [1.29, 1.82) is 0 Å². The predicted octanol–water partition coefficient (Wildman–Crippen LogP) is 3.84. The van der Waals surface area contributed by atoms with Crippen LogP contribution in [0, 0.1) is 6.92 Å². The van der Waals surface area contributed by atoms with Crippen molar-refractivity contribution in [3.05, 3.63) is 15.8 Å². The molecule has 11 heteroatoms. The molecular formula is C26H42N4O6S. The Balaban J connectivity index is 1.91. The Morgan fingerprint density at radius 2 is 1.76 bits per heavy atom. The highest BCUT2D eigenvalue weighted by Crippen LogP contribution is 2.28. The molecule has 37 heavy (non-hydrogen) atoms. The van der Waals surface area contributed by atoms with Crippen LogP contribution in [-0.4, -0.2) is 73.7 Å².